The van der Waals surface area contributed by atoms with Gasteiger partial charge in [-0.05, 0) is 27.2 Å². The van der Waals surface area contributed by atoms with E-state index in [-0.39, 0.29) is 6.61 Å². The Morgan fingerprint density at radius 1 is 1.50 bits per heavy atom. The number of ether oxygens (including phenoxy) is 1. The molecule has 0 fully saturated rings. The Labute approximate surface area is 84.2 Å². The van der Waals surface area contributed by atoms with Gasteiger partial charge in [0.05, 0.1) is 12.6 Å². The van der Waals surface area contributed by atoms with Gasteiger partial charge >= 0.3 is 6.09 Å². The van der Waals surface area contributed by atoms with E-state index in [1.54, 1.807) is 27.7 Å². The molecule has 1 amide bonds. The van der Waals surface area contributed by atoms with Crippen molar-refractivity contribution in [1.82, 2.24) is 5.06 Å². The van der Waals surface area contributed by atoms with Gasteiger partial charge in [0.15, 0.2) is 0 Å². The standard InChI is InChI=1S/C9H19NO4/c1-5-7(6-11)10(13)8(12)14-9(2,3)4/h7,11,13H,5-6H2,1-4H3/t7-/m1/s1. The van der Waals surface area contributed by atoms with Crippen molar-refractivity contribution in [1.29, 1.82) is 0 Å². The average Bonchev–Trinajstić information content (AvgIpc) is 2.03. The number of nitrogens with zero attached hydrogens (tertiary/aromatic N) is 1. The van der Waals surface area contributed by atoms with Crippen molar-refractivity contribution < 1.29 is 19.8 Å². The van der Waals surface area contributed by atoms with E-state index in [2.05, 4.69) is 0 Å². The van der Waals surface area contributed by atoms with Crippen LogP contribution in [0.3, 0.4) is 0 Å². The Morgan fingerprint density at radius 2 is 2.00 bits per heavy atom. The fourth-order valence-corrected chi connectivity index (χ4v) is 0.837. The molecule has 0 rings (SSSR count). The predicted molar refractivity (Wildman–Crippen MR) is 51.0 cm³/mol. The van der Waals surface area contributed by atoms with Crippen molar-refractivity contribution in [3.63, 3.8) is 0 Å². The van der Waals surface area contributed by atoms with Crippen molar-refractivity contribution in [3.8, 4) is 0 Å². The molecule has 0 spiro atoms. The molecule has 0 heterocycles. The van der Waals surface area contributed by atoms with Crippen LogP contribution in [0.25, 0.3) is 0 Å². The zero-order valence-electron chi connectivity index (χ0n) is 9.15. The largest absolute Gasteiger partial charge is 0.442 e. The minimum Gasteiger partial charge on any atom is -0.442 e. The second-order valence-corrected chi connectivity index (χ2v) is 4.07. The summed E-state index contributed by atoms with van der Waals surface area (Å²) < 4.78 is 4.91. The number of carbonyl (C=O) groups is 1. The van der Waals surface area contributed by atoms with Gasteiger partial charge in [-0.2, -0.15) is 5.06 Å². The van der Waals surface area contributed by atoms with E-state index in [1.165, 1.54) is 0 Å². The zero-order chi connectivity index (χ0) is 11.4. The Hall–Kier alpha value is -0.810. The Balaban J connectivity index is 4.24. The van der Waals surface area contributed by atoms with Crippen LogP contribution in [0.1, 0.15) is 34.1 Å². The molecule has 84 valence electrons. The maximum absolute atomic E-state index is 11.3. The van der Waals surface area contributed by atoms with Crippen LogP contribution in [0, 0.1) is 0 Å². The number of aliphatic hydroxyl groups is 1. The summed E-state index contributed by atoms with van der Waals surface area (Å²) in [5.74, 6) is 0. The summed E-state index contributed by atoms with van der Waals surface area (Å²) in [4.78, 5) is 11.3. The normalized spacial score (nSPS) is 13.6. The SMILES string of the molecule is CC[C@H](CO)N(O)C(=O)OC(C)(C)C. The Morgan fingerprint density at radius 3 is 2.29 bits per heavy atom. The van der Waals surface area contributed by atoms with Crippen molar-refractivity contribution in [2.45, 2.75) is 45.8 Å². The van der Waals surface area contributed by atoms with Gasteiger partial charge in [-0.15, -0.1) is 0 Å². The van der Waals surface area contributed by atoms with Crippen molar-refractivity contribution in [3.05, 3.63) is 0 Å². The van der Waals surface area contributed by atoms with Crippen molar-refractivity contribution in [2.24, 2.45) is 0 Å². The van der Waals surface area contributed by atoms with Crippen LogP contribution in [0.15, 0.2) is 0 Å². The summed E-state index contributed by atoms with van der Waals surface area (Å²) in [5, 5.41) is 18.6. The predicted octanol–water partition coefficient (Wildman–Crippen LogP) is 1.38. The molecule has 5 nitrogen and oxygen atoms in total. The van der Waals surface area contributed by atoms with E-state index in [0.29, 0.717) is 11.5 Å². The second-order valence-electron chi connectivity index (χ2n) is 4.07. The van der Waals surface area contributed by atoms with E-state index < -0.39 is 17.7 Å². The summed E-state index contributed by atoms with van der Waals surface area (Å²) in [6.07, 6.45) is -0.370. The number of aliphatic hydroxyl groups excluding tert-OH is 1. The molecule has 0 aliphatic heterocycles. The molecule has 0 aromatic rings. The van der Waals surface area contributed by atoms with Crippen molar-refractivity contribution in [2.75, 3.05) is 6.61 Å². The molecular weight excluding hydrogens is 186 g/mol. The van der Waals surface area contributed by atoms with Gasteiger partial charge in [0.1, 0.15) is 5.60 Å². The lowest BCUT2D eigenvalue weighted by atomic mass is 10.2. The molecule has 0 aliphatic carbocycles. The molecule has 0 saturated carbocycles. The molecule has 0 radical (unpaired) electrons. The lowest BCUT2D eigenvalue weighted by molar-refractivity contribution is -0.129. The number of rotatable bonds is 3. The highest BCUT2D eigenvalue weighted by atomic mass is 16.6. The van der Waals surface area contributed by atoms with E-state index in [9.17, 15) is 10.0 Å². The van der Waals surface area contributed by atoms with Gasteiger partial charge in [0.2, 0.25) is 0 Å². The quantitative estimate of drug-likeness (QED) is 0.539. The number of hydroxylamine groups is 2. The summed E-state index contributed by atoms with van der Waals surface area (Å²) in [7, 11) is 0. The minimum atomic E-state index is -0.835. The smallest absolute Gasteiger partial charge is 0.434 e. The maximum Gasteiger partial charge on any atom is 0.434 e. The van der Waals surface area contributed by atoms with E-state index in [1.807, 2.05) is 0 Å². The third kappa shape index (κ3) is 4.43. The third-order valence-corrected chi connectivity index (χ3v) is 1.61. The molecule has 0 saturated heterocycles. The first-order chi connectivity index (χ1) is 6.31. The van der Waals surface area contributed by atoms with Crippen LogP contribution in [-0.4, -0.2) is 39.7 Å². The first kappa shape index (κ1) is 13.2. The molecule has 0 bridgehead atoms. The highest BCUT2D eigenvalue weighted by Gasteiger charge is 2.25. The fourth-order valence-electron chi connectivity index (χ4n) is 0.837. The molecule has 0 aliphatic rings. The fraction of sp³-hybridized carbons (Fsp3) is 0.889. The Bertz CT molecular complexity index is 184. The van der Waals surface area contributed by atoms with Gasteiger partial charge in [-0.25, -0.2) is 4.79 Å². The molecule has 0 aromatic heterocycles. The molecule has 0 aromatic carbocycles. The highest BCUT2D eigenvalue weighted by Crippen LogP contribution is 2.11. The first-order valence-electron chi connectivity index (χ1n) is 4.63. The summed E-state index contributed by atoms with van der Waals surface area (Å²) in [6, 6.07) is -0.607. The monoisotopic (exact) mass is 205 g/mol. The van der Waals surface area contributed by atoms with Crippen LogP contribution in [0.2, 0.25) is 0 Å². The zero-order valence-corrected chi connectivity index (χ0v) is 9.15. The van der Waals surface area contributed by atoms with Gasteiger partial charge in [0.25, 0.3) is 0 Å². The summed E-state index contributed by atoms with van der Waals surface area (Å²) in [6.45, 7) is 6.59. The van der Waals surface area contributed by atoms with E-state index in [0.717, 1.165) is 0 Å². The lowest BCUT2D eigenvalue weighted by Gasteiger charge is -2.27. The minimum absolute atomic E-state index is 0.285. The number of hydrogen-bond donors (Lipinski definition) is 2. The summed E-state index contributed by atoms with van der Waals surface area (Å²) in [5.41, 5.74) is -0.647. The van der Waals surface area contributed by atoms with Gasteiger partial charge in [0, 0.05) is 0 Å². The van der Waals surface area contributed by atoms with Gasteiger partial charge in [-0.1, -0.05) is 6.92 Å². The average molecular weight is 205 g/mol. The third-order valence-electron chi connectivity index (χ3n) is 1.61. The molecule has 5 heteroatoms. The van der Waals surface area contributed by atoms with Crippen LogP contribution in [0.5, 0.6) is 0 Å². The Kier molecular flexibility index (Phi) is 4.87. The van der Waals surface area contributed by atoms with E-state index in [4.69, 9.17) is 9.84 Å². The molecule has 1 atom stereocenters. The van der Waals surface area contributed by atoms with Crippen LogP contribution in [-0.2, 0) is 4.74 Å². The van der Waals surface area contributed by atoms with Crippen LogP contribution < -0.4 is 0 Å². The molecule has 2 N–H and O–H groups in total. The first-order valence-corrected chi connectivity index (χ1v) is 4.63. The molecule has 14 heavy (non-hydrogen) atoms. The highest BCUT2D eigenvalue weighted by molar-refractivity contribution is 5.67. The van der Waals surface area contributed by atoms with Crippen LogP contribution >= 0.6 is 0 Å². The van der Waals surface area contributed by atoms with E-state index >= 15 is 0 Å². The van der Waals surface area contributed by atoms with Gasteiger partial charge in [-0.3, -0.25) is 5.21 Å². The molecular formula is C9H19NO4. The summed E-state index contributed by atoms with van der Waals surface area (Å²) >= 11 is 0. The maximum atomic E-state index is 11.3. The van der Waals surface area contributed by atoms with Crippen LogP contribution in [0.4, 0.5) is 4.79 Å². The topological polar surface area (TPSA) is 70.0 Å². The number of amides is 1. The second kappa shape index (κ2) is 5.17. The van der Waals surface area contributed by atoms with Gasteiger partial charge < -0.3 is 9.84 Å². The number of carbonyl (C=O) groups excluding carboxylic acids is 1. The van der Waals surface area contributed by atoms with Crippen molar-refractivity contribution >= 4 is 6.09 Å². The lowest BCUT2D eigenvalue weighted by Crippen LogP contribution is -2.42. The molecule has 0 unspecified atom stereocenters. The number of hydrogen-bond acceptors (Lipinski definition) is 4.